The zero-order valence-electron chi connectivity index (χ0n) is 11.0. The molecule has 21 heavy (non-hydrogen) atoms. The number of rotatable bonds is 4. The van der Waals surface area contributed by atoms with Gasteiger partial charge < -0.3 is 5.73 Å². The Hall–Kier alpha value is -1.53. The molecule has 0 aliphatic carbocycles. The van der Waals surface area contributed by atoms with E-state index in [2.05, 4.69) is 15.8 Å². The molecule has 1 heterocycles. The quantitative estimate of drug-likeness (QED) is 0.583. The first kappa shape index (κ1) is 21.8. The molecule has 0 unspecified atom stereocenters. The van der Waals surface area contributed by atoms with Crippen molar-refractivity contribution in [2.45, 2.75) is 6.54 Å². The van der Waals surface area contributed by atoms with Crippen LogP contribution in [0.1, 0.15) is 16.1 Å². The Balaban J connectivity index is 0. The average molecular weight is 352 g/mol. The number of pyridine rings is 1. The summed E-state index contributed by atoms with van der Waals surface area (Å²) in [4.78, 5) is 15.6. The normalized spacial score (nSPS) is 8.57. The van der Waals surface area contributed by atoms with Crippen molar-refractivity contribution >= 4 is 48.8 Å². The Morgan fingerprint density at radius 2 is 1.86 bits per heavy atom. The number of anilines is 1. The number of carbonyl (C=O) groups excluding carboxylic acids is 1. The summed E-state index contributed by atoms with van der Waals surface area (Å²) in [6.45, 7) is 0.504. The van der Waals surface area contributed by atoms with Gasteiger partial charge in [-0.15, -0.1) is 37.2 Å². The number of nitrogen functional groups attached to an aromatic ring is 1. The number of amides is 1. The van der Waals surface area contributed by atoms with Crippen molar-refractivity contribution in [3.63, 3.8) is 0 Å². The van der Waals surface area contributed by atoms with Crippen LogP contribution in [0.5, 0.6) is 0 Å². The van der Waals surface area contributed by atoms with Crippen LogP contribution in [0.15, 0.2) is 48.7 Å². The average Bonchev–Trinajstić information content (AvgIpc) is 2.40. The van der Waals surface area contributed by atoms with Crippen LogP contribution in [0.4, 0.5) is 5.69 Å². The number of halogens is 3. The Bertz CT molecular complexity index is 540. The van der Waals surface area contributed by atoms with Gasteiger partial charge in [-0.3, -0.25) is 15.2 Å². The number of carbonyl (C=O) groups is 1. The van der Waals surface area contributed by atoms with Crippen LogP contribution in [0, 0.1) is 0 Å². The zero-order chi connectivity index (χ0) is 12.8. The number of hydrogen-bond acceptors (Lipinski definition) is 4. The maximum atomic E-state index is 11.6. The topological polar surface area (TPSA) is 80.0 Å². The van der Waals surface area contributed by atoms with Crippen LogP contribution in [0.3, 0.4) is 0 Å². The minimum atomic E-state index is -0.264. The highest BCUT2D eigenvalue weighted by Gasteiger charge is 2.04. The second kappa shape index (κ2) is 11.2. The van der Waals surface area contributed by atoms with Crippen molar-refractivity contribution in [1.82, 2.24) is 15.8 Å². The molecule has 4 N–H and O–H groups in total. The van der Waals surface area contributed by atoms with Crippen molar-refractivity contribution in [1.29, 1.82) is 0 Å². The molecular formula is C13H17Cl3N4O. The van der Waals surface area contributed by atoms with Crippen molar-refractivity contribution in [3.8, 4) is 0 Å². The molecule has 1 aromatic heterocycles. The molecule has 0 atom stereocenters. The maximum Gasteiger partial charge on any atom is 0.283 e. The number of aromatic nitrogens is 1. The van der Waals surface area contributed by atoms with Crippen molar-refractivity contribution in [2.75, 3.05) is 5.73 Å². The molecule has 1 aromatic carbocycles. The first-order chi connectivity index (χ1) is 8.75. The molecule has 8 heteroatoms. The van der Waals surface area contributed by atoms with Gasteiger partial charge in [0.05, 0.1) is 0 Å². The largest absolute Gasteiger partial charge is 0.399 e. The first-order valence-electron chi connectivity index (χ1n) is 5.54. The van der Waals surface area contributed by atoms with E-state index in [4.69, 9.17) is 5.73 Å². The maximum absolute atomic E-state index is 11.6. The van der Waals surface area contributed by atoms with Gasteiger partial charge in [0.2, 0.25) is 0 Å². The molecule has 2 rings (SSSR count). The third kappa shape index (κ3) is 7.15. The summed E-state index contributed by atoms with van der Waals surface area (Å²) in [5, 5.41) is 0. The molecule has 0 radical (unpaired) electrons. The lowest BCUT2D eigenvalue weighted by Crippen LogP contribution is -2.37. The van der Waals surface area contributed by atoms with Gasteiger partial charge >= 0.3 is 0 Å². The summed E-state index contributed by atoms with van der Waals surface area (Å²) < 4.78 is 0. The van der Waals surface area contributed by atoms with Crippen LogP contribution in [-0.2, 0) is 6.54 Å². The Morgan fingerprint density at radius 3 is 2.48 bits per heavy atom. The first-order valence-corrected chi connectivity index (χ1v) is 5.54. The Labute approximate surface area is 141 Å². The summed E-state index contributed by atoms with van der Waals surface area (Å²) in [5.74, 6) is -0.264. The molecule has 0 fully saturated rings. The van der Waals surface area contributed by atoms with Crippen LogP contribution in [0.25, 0.3) is 0 Å². The van der Waals surface area contributed by atoms with E-state index in [0.29, 0.717) is 17.9 Å². The molecule has 0 spiro atoms. The summed E-state index contributed by atoms with van der Waals surface area (Å²) in [7, 11) is 0. The van der Waals surface area contributed by atoms with Gasteiger partial charge in [-0.25, -0.2) is 5.43 Å². The molecule has 0 aliphatic rings. The fourth-order valence-electron chi connectivity index (χ4n) is 1.49. The monoisotopic (exact) mass is 350 g/mol. The van der Waals surface area contributed by atoms with E-state index in [-0.39, 0.29) is 43.1 Å². The second-order valence-electron chi connectivity index (χ2n) is 3.77. The smallest absolute Gasteiger partial charge is 0.283 e. The van der Waals surface area contributed by atoms with Gasteiger partial charge in [0.15, 0.2) is 0 Å². The molecule has 0 saturated carbocycles. The zero-order valence-corrected chi connectivity index (χ0v) is 13.4. The highest BCUT2D eigenvalue weighted by Crippen LogP contribution is 2.05. The van der Waals surface area contributed by atoms with Gasteiger partial charge in [0, 0.05) is 18.4 Å². The molecule has 0 aliphatic heterocycles. The van der Waals surface area contributed by atoms with E-state index < -0.39 is 0 Å². The predicted octanol–water partition coefficient (Wildman–Crippen LogP) is 2.36. The number of benzene rings is 1. The van der Waals surface area contributed by atoms with Crippen molar-refractivity contribution < 1.29 is 4.79 Å². The summed E-state index contributed by atoms with van der Waals surface area (Å²) >= 11 is 0. The van der Waals surface area contributed by atoms with Gasteiger partial charge in [-0.1, -0.05) is 18.2 Å². The van der Waals surface area contributed by atoms with E-state index in [1.54, 1.807) is 24.4 Å². The molecule has 0 saturated heterocycles. The summed E-state index contributed by atoms with van der Waals surface area (Å²) in [6.07, 6.45) is 1.58. The lowest BCUT2D eigenvalue weighted by Gasteiger charge is -2.07. The van der Waals surface area contributed by atoms with Crippen LogP contribution < -0.4 is 16.6 Å². The third-order valence-electron chi connectivity index (χ3n) is 2.34. The third-order valence-corrected chi connectivity index (χ3v) is 2.34. The van der Waals surface area contributed by atoms with E-state index in [0.717, 1.165) is 5.56 Å². The van der Waals surface area contributed by atoms with Crippen LogP contribution >= 0.6 is 37.2 Å². The van der Waals surface area contributed by atoms with E-state index >= 15 is 0 Å². The summed E-state index contributed by atoms with van der Waals surface area (Å²) in [6, 6.07) is 12.6. The molecule has 5 nitrogen and oxygen atoms in total. The number of nitrogens with zero attached hydrogens (tertiary/aromatic N) is 1. The standard InChI is InChI=1S/C13H14N4O.3ClH/c14-11-5-3-4-10(8-11)9-16-17-13(18)12-6-1-2-7-15-12;;;/h1-8,16H,9,14H2,(H,17,18);3*1H. The van der Waals surface area contributed by atoms with E-state index in [1.165, 1.54) is 0 Å². The number of nitrogens with two attached hydrogens (primary N) is 1. The Kier molecular flexibility index (Phi) is 11.6. The van der Waals surface area contributed by atoms with Gasteiger partial charge in [0.1, 0.15) is 5.69 Å². The molecule has 0 bridgehead atoms. The lowest BCUT2D eigenvalue weighted by atomic mass is 10.2. The fourth-order valence-corrected chi connectivity index (χ4v) is 1.49. The number of hydrogen-bond donors (Lipinski definition) is 3. The van der Waals surface area contributed by atoms with Gasteiger partial charge in [-0.05, 0) is 29.8 Å². The minimum absolute atomic E-state index is 0. The highest BCUT2D eigenvalue weighted by molar-refractivity contribution is 5.91. The second-order valence-corrected chi connectivity index (χ2v) is 3.77. The minimum Gasteiger partial charge on any atom is -0.399 e. The lowest BCUT2D eigenvalue weighted by molar-refractivity contribution is 0.0927. The highest BCUT2D eigenvalue weighted by atomic mass is 35.5. The number of nitrogens with one attached hydrogen (secondary N) is 2. The van der Waals surface area contributed by atoms with Crippen molar-refractivity contribution in [3.05, 3.63) is 59.9 Å². The van der Waals surface area contributed by atoms with Gasteiger partial charge in [0.25, 0.3) is 5.91 Å². The molecule has 1 amide bonds. The van der Waals surface area contributed by atoms with Crippen LogP contribution in [0.2, 0.25) is 0 Å². The molecular weight excluding hydrogens is 335 g/mol. The van der Waals surface area contributed by atoms with Crippen LogP contribution in [-0.4, -0.2) is 10.9 Å². The fraction of sp³-hybridized carbons (Fsp3) is 0.0769. The van der Waals surface area contributed by atoms with E-state index in [1.807, 2.05) is 24.3 Å². The van der Waals surface area contributed by atoms with E-state index in [9.17, 15) is 4.79 Å². The Morgan fingerprint density at radius 1 is 1.10 bits per heavy atom. The predicted molar refractivity (Wildman–Crippen MR) is 91.1 cm³/mol. The van der Waals surface area contributed by atoms with Gasteiger partial charge in [-0.2, -0.15) is 0 Å². The SMILES string of the molecule is Cl.Cl.Cl.Nc1cccc(CNNC(=O)c2ccccn2)c1. The molecule has 116 valence electrons. The summed E-state index contributed by atoms with van der Waals surface area (Å²) in [5.41, 5.74) is 13.1. The van der Waals surface area contributed by atoms with Crippen molar-refractivity contribution in [2.24, 2.45) is 0 Å². The number of hydrazine groups is 1. The molecule has 2 aromatic rings.